The molecule has 0 heterocycles. The van der Waals surface area contributed by atoms with Gasteiger partial charge in [-0.05, 0) is 47.0 Å². The van der Waals surface area contributed by atoms with Crippen LogP contribution in [0.1, 0.15) is 74.1 Å². The van der Waals surface area contributed by atoms with E-state index in [2.05, 4.69) is 0 Å². The zero-order valence-corrected chi connectivity index (χ0v) is 14.0. The second-order valence-corrected chi connectivity index (χ2v) is 6.23. The van der Waals surface area contributed by atoms with E-state index in [1.807, 2.05) is 41.5 Å². The highest BCUT2D eigenvalue weighted by Gasteiger charge is 2.42. The smallest absolute Gasteiger partial charge is 0.350 e. The number of rotatable bonds is 8. The predicted molar refractivity (Wildman–Crippen MR) is 79.3 cm³/mol. The number of ether oxygens (including phenoxy) is 2. The minimum Gasteiger partial charge on any atom is -0.460 e. The van der Waals surface area contributed by atoms with Gasteiger partial charge < -0.3 is 9.47 Å². The minimum absolute atomic E-state index is 0.170. The Morgan fingerprint density at radius 1 is 1.05 bits per heavy atom. The molecule has 0 bridgehead atoms. The van der Waals surface area contributed by atoms with Crippen molar-refractivity contribution in [3.8, 4) is 0 Å². The highest BCUT2D eigenvalue weighted by atomic mass is 16.6. The van der Waals surface area contributed by atoms with E-state index in [1.54, 1.807) is 6.92 Å². The summed E-state index contributed by atoms with van der Waals surface area (Å²) >= 11 is 0. The number of carbonyl (C=O) groups is 2. The molecule has 2 atom stereocenters. The SMILES string of the molecule is CCCC(C)(OC(=O)C(C)(C)CC)C(=O)OC(C)CC. The van der Waals surface area contributed by atoms with Crippen molar-refractivity contribution >= 4 is 11.9 Å². The second kappa shape index (κ2) is 7.65. The van der Waals surface area contributed by atoms with Crippen LogP contribution in [0, 0.1) is 5.41 Å². The molecular formula is C16H30O4. The van der Waals surface area contributed by atoms with Crippen LogP contribution in [0.3, 0.4) is 0 Å². The van der Waals surface area contributed by atoms with Crippen LogP contribution >= 0.6 is 0 Å². The van der Waals surface area contributed by atoms with E-state index >= 15 is 0 Å². The molecule has 0 aromatic heterocycles. The van der Waals surface area contributed by atoms with Crippen molar-refractivity contribution in [2.45, 2.75) is 85.9 Å². The van der Waals surface area contributed by atoms with Gasteiger partial charge in [-0.3, -0.25) is 4.79 Å². The van der Waals surface area contributed by atoms with Gasteiger partial charge in [0.1, 0.15) is 0 Å². The molecule has 4 heteroatoms. The van der Waals surface area contributed by atoms with Crippen LogP contribution in [0.4, 0.5) is 0 Å². The lowest BCUT2D eigenvalue weighted by Crippen LogP contribution is -2.45. The minimum atomic E-state index is -1.19. The fourth-order valence-corrected chi connectivity index (χ4v) is 1.55. The number of esters is 2. The van der Waals surface area contributed by atoms with Gasteiger partial charge in [0.25, 0.3) is 0 Å². The Labute approximate surface area is 123 Å². The topological polar surface area (TPSA) is 52.6 Å². The molecule has 0 N–H and O–H groups in total. The average molecular weight is 286 g/mol. The second-order valence-electron chi connectivity index (χ2n) is 6.23. The van der Waals surface area contributed by atoms with Gasteiger partial charge in [0.2, 0.25) is 5.60 Å². The molecule has 0 aliphatic rings. The van der Waals surface area contributed by atoms with Crippen molar-refractivity contribution < 1.29 is 19.1 Å². The average Bonchev–Trinajstić information content (AvgIpc) is 2.38. The molecule has 0 amide bonds. The Bertz CT molecular complexity index is 335. The summed E-state index contributed by atoms with van der Waals surface area (Å²) in [4.78, 5) is 24.5. The molecule has 118 valence electrons. The summed E-state index contributed by atoms with van der Waals surface area (Å²) in [6.07, 6.45) is 2.44. The van der Waals surface area contributed by atoms with E-state index in [0.717, 1.165) is 12.8 Å². The van der Waals surface area contributed by atoms with Gasteiger partial charge in [0.05, 0.1) is 11.5 Å². The summed E-state index contributed by atoms with van der Waals surface area (Å²) in [5, 5.41) is 0. The Kier molecular flexibility index (Phi) is 7.25. The monoisotopic (exact) mass is 286 g/mol. The lowest BCUT2D eigenvalue weighted by atomic mass is 9.90. The summed E-state index contributed by atoms with van der Waals surface area (Å²) in [6.45, 7) is 12.9. The molecule has 0 aromatic carbocycles. The van der Waals surface area contributed by atoms with Crippen molar-refractivity contribution in [2.24, 2.45) is 5.41 Å². The van der Waals surface area contributed by atoms with Gasteiger partial charge in [-0.1, -0.05) is 27.2 Å². The van der Waals surface area contributed by atoms with Gasteiger partial charge in [0.15, 0.2) is 0 Å². The first-order chi connectivity index (χ1) is 9.12. The molecule has 0 saturated heterocycles. The number of hydrogen-bond acceptors (Lipinski definition) is 4. The van der Waals surface area contributed by atoms with Crippen LogP contribution in [0.25, 0.3) is 0 Å². The van der Waals surface area contributed by atoms with E-state index < -0.39 is 17.0 Å². The molecule has 0 aliphatic carbocycles. The summed E-state index contributed by atoms with van der Waals surface area (Å²) in [7, 11) is 0. The van der Waals surface area contributed by atoms with Crippen LogP contribution < -0.4 is 0 Å². The van der Waals surface area contributed by atoms with Gasteiger partial charge in [-0.15, -0.1) is 0 Å². The molecule has 4 nitrogen and oxygen atoms in total. The molecule has 0 aliphatic heterocycles. The van der Waals surface area contributed by atoms with Crippen molar-refractivity contribution in [3.05, 3.63) is 0 Å². The van der Waals surface area contributed by atoms with Gasteiger partial charge >= 0.3 is 11.9 Å². The molecule has 20 heavy (non-hydrogen) atoms. The molecule has 0 rings (SSSR count). The first-order valence-electron chi connectivity index (χ1n) is 7.57. The number of carbonyl (C=O) groups excluding carboxylic acids is 2. The van der Waals surface area contributed by atoms with Crippen LogP contribution in [0.15, 0.2) is 0 Å². The van der Waals surface area contributed by atoms with Crippen LogP contribution in [0.2, 0.25) is 0 Å². The van der Waals surface area contributed by atoms with E-state index in [-0.39, 0.29) is 12.1 Å². The van der Waals surface area contributed by atoms with E-state index in [9.17, 15) is 9.59 Å². The highest BCUT2D eigenvalue weighted by molar-refractivity contribution is 5.85. The molecule has 0 saturated carbocycles. The Morgan fingerprint density at radius 3 is 2.00 bits per heavy atom. The Balaban J connectivity index is 5.01. The van der Waals surface area contributed by atoms with E-state index in [1.165, 1.54) is 0 Å². The molecule has 2 unspecified atom stereocenters. The van der Waals surface area contributed by atoms with Crippen LogP contribution in [0.5, 0.6) is 0 Å². The summed E-state index contributed by atoms with van der Waals surface area (Å²) < 4.78 is 10.9. The van der Waals surface area contributed by atoms with E-state index in [4.69, 9.17) is 9.47 Å². The molecular weight excluding hydrogens is 256 g/mol. The lowest BCUT2D eigenvalue weighted by Gasteiger charge is -2.32. The van der Waals surface area contributed by atoms with Gasteiger partial charge in [-0.2, -0.15) is 0 Å². The maximum absolute atomic E-state index is 12.3. The number of hydrogen-bond donors (Lipinski definition) is 0. The zero-order chi connectivity index (χ0) is 16.0. The first kappa shape index (κ1) is 18.9. The van der Waals surface area contributed by atoms with Crippen molar-refractivity contribution in [1.29, 1.82) is 0 Å². The fraction of sp³-hybridized carbons (Fsp3) is 0.875. The van der Waals surface area contributed by atoms with E-state index in [0.29, 0.717) is 12.8 Å². The van der Waals surface area contributed by atoms with Crippen LogP contribution in [-0.4, -0.2) is 23.6 Å². The third-order valence-electron chi connectivity index (χ3n) is 3.80. The third kappa shape index (κ3) is 5.14. The van der Waals surface area contributed by atoms with Gasteiger partial charge in [0, 0.05) is 0 Å². The Morgan fingerprint density at radius 2 is 1.60 bits per heavy atom. The summed E-state index contributed by atoms with van der Waals surface area (Å²) in [5.41, 5.74) is -1.78. The summed E-state index contributed by atoms with van der Waals surface area (Å²) in [5.74, 6) is -0.800. The highest BCUT2D eigenvalue weighted by Crippen LogP contribution is 2.28. The Hall–Kier alpha value is -1.06. The van der Waals surface area contributed by atoms with Gasteiger partial charge in [-0.25, -0.2) is 4.79 Å². The van der Waals surface area contributed by atoms with Crippen molar-refractivity contribution in [2.75, 3.05) is 0 Å². The van der Waals surface area contributed by atoms with Crippen molar-refractivity contribution in [3.63, 3.8) is 0 Å². The molecule has 0 spiro atoms. The third-order valence-corrected chi connectivity index (χ3v) is 3.80. The fourth-order valence-electron chi connectivity index (χ4n) is 1.55. The quantitative estimate of drug-likeness (QED) is 0.636. The zero-order valence-electron chi connectivity index (χ0n) is 14.0. The summed E-state index contributed by atoms with van der Waals surface area (Å²) in [6, 6.07) is 0. The van der Waals surface area contributed by atoms with Crippen LogP contribution in [-0.2, 0) is 19.1 Å². The maximum atomic E-state index is 12.3. The van der Waals surface area contributed by atoms with Crippen molar-refractivity contribution in [1.82, 2.24) is 0 Å². The largest absolute Gasteiger partial charge is 0.460 e. The first-order valence-corrected chi connectivity index (χ1v) is 7.57. The normalized spacial score (nSPS) is 16.1. The predicted octanol–water partition coefficient (Wildman–Crippen LogP) is 3.87. The standard InChI is InChI=1S/C16H30O4/c1-8-11-16(7,14(18)19-12(4)9-2)20-13(17)15(5,6)10-3/h12H,8-11H2,1-7H3. The molecule has 0 aromatic rings. The molecule has 0 fully saturated rings. The lowest BCUT2D eigenvalue weighted by molar-refractivity contribution is -0.190. The maximum Gasteiger partial charge on any atom is 0.350 e. The molecule has 0 radical (unpaired) electrons.